The van der Waals surface area contributed by atoms with Gasteiger partial charge in [-0.15, -0.1) is 0 Å². The number of thiol groups is 1. The number of nitrogens with zero attached hydrogens (tertiary/aromatic N) is 1. The van der Waals surface area contributed by atoms with Crippen molar-refractivity contribution in [2.45, 2.75) is 44.6 Å². The van der Waals surface area contributed by atoms with E-state index in [2.05, 4.69) is 17.5 Å². The predicted octanol–water partition coefficient (Wildman–Crippen LogP) is 2.59. The van der Waals surface area contributed by atoms with Crippen molar-refractivity contribution in [3.8, 4) is 0 Å². The fraction of sp³-hybridized carbons (Fsp3) is 1.00. The highest BCUT2D eigenvalue weighted by Gasteiger charge is 2.35. The summed E-state index contributed by atoms with van der Waals surface area (Å²) in [6.45, 7) is 3.64. The Hall–Kier alpha value is 0.270. The number of likely N-dealkylation sites (tertiary alicyclic amines) is 1. The van der Waals surface area contributed by atoms with Gasteiger partial charge in [-0.3, -0.25) is 0 Å². The van der Waals surface area contributed by atoms with Crippen LogP contribution >= 0.6 is 12.6 Å². The average molecular weight is 243 g/mol. The summed E-state index contributed by atoms with van der Waals surface area (Å²) in [5, 5.41) is 0. The van der Waals surface area contributed by atoms with Crippen LogP contribution in [0.15, 0.2) is 0 Å². The van der Waals surface area contributed by atoms with Crippen LogP contribution < -0.4 is 0 Å². The van der Waals surface area contributed by atoms with Crippen LogP contribution in [0.1, 0.15) is 38.5 Å². The number of piperidine rings is 1. The summed E-state index contributed by atoms with van der Waals surface area (Å²) < 4.78 is 5.49. The molecule has 0 bridgehead atoms. The van der Waals surface area contributed by atoms with Crippen LogP contribution in [0, 0.1) is 5.41 Å². The molecule has 16 heavy (non-hydrogen) atoms. The number of methoxy groups -OCH3 is 1. The van der Waals surface area contributed by atoms with Crippen molar-refractivity contribution in [3.05, 3.63) is 0 Å². The fourth-order valence-electron chi connectivity index (χ4n) is 3.31. The molecule has 2 fully saturated rings. The standard InChI is InChI=1S/C13H25NOS/c1-15-12-5-4-8-14(9-12)10-13(11-16)6-2-3-7-13/h12,16H,2-11H2,1H3. The molecule has 1 unspecified atom stereocenters. The fourth-order valence-corrected chi connectivity index (χ4v) is 3.73. The molecule has 0 N–H and O–H groups in total. The molecule has 0 aromatic heterocycles. The minimum absolute atomic E-state index is 0.465. The van der Waals surface area contributed by atoms with E-state index in [1.54, 1.807) is 0 Å². The lowest BCUT2D eigenvalue weighted by atomic mass is 9.87. The highest BCUT2D eigenvalue weighted by molar-refractivity contribution is 7.80. The molecule has 2 nitrogen and oxygen atoms in total. The van der Waals surface area contributed by atoms with Crippen LogP contribution in [0.3, 0.4) is 0 Å². The molecule has 0 spiro atoms. The van der Waals surface area contributed by atoms with Gasteiger partial charge in [0.25, 0.3) is 0 Å². The van der Waals surface area contributed by atoms with Crippen molar-refractivity contribution in [1.82, 2.24) is 4.90 Å². The second-order valence-corrected chi connectivity index (χ2v) is 5.92. The van der Waals surface area contributed by atoms with Crippen molar-refractivity contribution >= 4 is 12.6 Å². The third-order valence-electron chi connectivity index (χ3n) is 4.35. The van der Waals surface area contributed by atoms with Crippen molar-refractivity contribution in [2.24, 2.45) is 5.41 Å². The Morgan fingerprint density at radius 2 is 2.06 bits per heavy atom. The molecule has 0 aromatic carbocycles. The first-order chi connectivity index (χ1) is 7.78. The molecule has 3 heteroatoms. The first kappa shape index (κ1) is 12.7. The molecule has 94 valence electrons. The van der Waals surface area contributed by atoms with Crippen LogP contribution in [0.25, 0.3) is 0 Å². The molecule has 1 aliphatic carbocycles. The van der Waals surface area contributed by atoms with Gasteiger partial charge in [0, 0.05) is 20.2 Å². The van der Waals surface area contributed by atoms with Gasteiger partial charge in [0.2, 0.25) is 0 Å². The van der Waals surface area contributed by atoms with Gasteiger partial charge in [-0.05, 0) is 43.4 Å². The molecule has 1 aliphatic heterocycles. The van der Waals surface area contributed by atoms with Crippen LogP contribution in [0.2, 0.25) is 0 Å². The maximum Gasteiger partial charge on any atom is 0.0698 e. The molecule has 2 aliphatic rings. The van der Waals surface area contributed by atoms with Crippen LogP contribution in [-0.4, -0.2) is 43.5 Å². The Labute approximate surface area is 105 Å². The third kappa shape index (κ3) is 2.93. The lowest BCUT2D eigenvalue weighted by Crippen LogP contribution is -2.45. The molecule has 1 saturated heterocycles. The maximum absolute atomic E-state index is 5.49. The van der Waals surface area contributed by atoms with E-state index in [0.717, 1.165) is 12.3 Å². The predicted molar refractivity (Wildman–Crippen MR) is 71.2 cm³/mol. The van der Waals surface area contributed by atoms with E-state index in [0.29, 0.717) is 11.5 Å². The van der Waals surface area contributed by atoms with Gasteiger partial charge >= 0.3 is 0 Å². The maximum atomic E-state index is 5.49. The average Bonchev–Trinajstić information content (AvgIpc) is 2.78. The zero-order chi connectivity index (χ0) is 11.4. The van der Waals surface area contributed by atoms with Gasteiger partial charge in [-0.2, -0.15) is 12.6 Å². The Balaban J connectivity index is 1.87. The molecular formula is C13H25NOS. The van der Waals surface area contributed by atoms with Gasteiger partial charge < -0.3 is 9.64 Å². The summed E-state index contributed by atoms with van der Waals surface area (Å²) in [7, 11) is 1.85. The van der Waals surface area contributed by atoms with Crippen molar-refractivity contribution in [2.75, 3.05) is 32.5 Å². The SMILES string of the molecule is COC1CCCN(CC2(CS)CCCC2)C1. The van der Waals surface area contributed by atoms with Gasteiger partial charge in [0.1, 0.15) is 0 Å². The molecular weight excluding hydrogens is 218 g/mol. The quantitative estimate of drug-likeness (QED) is 0.762. The highest BCUT2D eigenvalue weighted by atomic mass is 32.1. The summed E-state index contributed by atoms with van der Waals surface area (Å²) in [5.74, 6) is 1.06. The van der Waals surface area contributed by atoms with E-state index in [-0.39, 0.29) is 0 Å². The van der Waals surface area contributed by atoms with Gasteiger partial charge in [-0.25, -0.2) is 0 Å². The monoisotopic (exact) mass is 243 g/mol. The number of hydrogen-bond donors (Lipinski definition) is 1. The van der Waals surface area contributed by atoms with E-state index in [1.165, 1.54) is 51.6 Å². The van der Waals surface area contributed by atoms with E-state index in [1.807, 2.05) is 7.11 Å². The Morgan fingerprint density at radius 1 is 1.31 bits per heavy atom. The van der Waals surface area contributed by atoms with E-state index in [4.69, 9.17) is 4.74 Å². The van der Waals surface area contributed by atoms with E-state index < -0.39 is 0 Å². The van der Waals surface area contributed by atoms with Gasteiger partial charge in [0.05, 0.1) is 6.10 Å². The smallest absolute Gasteiger partial charge is 0.0698 e. The Bertz CT molecular complexity index is 216. The van der Waals surface area contributed by atoms with E-state index in [9.17, 15) is 0 Å². The number of hydrogen-bond acceptors (Lipinski definition) is 3. The molecule has 1 atom stereocenters. The summed E-state index contributed by atoms with van der Waals surface area (Å²) in [5.41, 5.74) is 0.513. The molecule has 2 rings (SSSR count). The minimum Gasteiger partial charge on any atom is -0.380 e. The molecule has 0 amide bonds. The first-order valence-electron chi connectivity index (χ1n) is 6.64. The molecule has 1 saturated carbocycles. The zero-order valence-electron chi connectivity index (χ0n) is 10.5. The third-order valence-corrected chi connectivity index (χ3v) is 5.03. The largest absolute Gasteiger partial charge is 0.380 e. The van der Waals surface area contributed by atoms with Crippen molar-refractivity contribution in [3.63, 3.8) is 0 Å². The number of ether oxygens (including phenoxy) is 1. The van der Waals surface area contributed by atoms with Crippen LogP contribution in [0.5, 0.6) is 0 Å². The summed E-state index contributed by atoms with van der Waals surface area (Å²) in [6.07, 6.45) is 8.56. The van der Waals surface area contributed by atoms with E-state index >= 15 is 0 Å². The second kappa shape index (κ2) is 5.74. The lowest BCUT2D eigenvalue weighted by molar-refractivity contribution is 0.0176. The van der Waals surface area contributed by atoms with Crippen molar-refractivity contribution in [1.29, 1.82) is 0 Å². The normalized spacial score (nSPS) is 30.8. The van der Waals surface area contributed by atoms with Crippen molar-refractivity contribution < 1.29 is 4.74 Å². The highest BCUT2D eigenvalue weighted by Crippen LogP contribution is 2.40. The Kier molecular flexibility index (Phi) is 4.57. The summed E-state index contributed by atoms with van der Waals surface area (Å²) >= 11 is 4.59. The summed E-state index contributed by atoms with van der Waals surface area (Å²) in [4.78, 5) is 2.61. The molecule has 0 radical (unpaired) electrons. The molecule has 0 aromatic rings. The Morgan fingerprint density at radius 3 is 2.69 bits per heavy atom. The minimum atomic E-state index is 0.465. The van der Waals surface area contributed by atoms with Gasteiger partial charge in [0.15, 0.2) is 0 Å². The topological polar surface area (TPSA) is 12.5 Å². The lowest BCUT2D eigenvalue weighted by Gasteiger charge is -2.38. The zero-order valence-corrected chi connectivity index (χ0v) is 11.3. The van der Waals surface area contributed by atoms with Crippen LogP contribution in [0.4, 0.5) is 0 Å². The summed E-state index contributed by atoms with van der Waals surface area (Å²) in [6, 6.07) is 0. The number of rotatable bonds is 4. The molecule has 1 heterocycles. The van der Waals surface area contributed by atoms with Gasteiger partial charge in [-0.1, -0.05) is 12.8 Å². The van der Waals surface area contributed by atoms with Crippen LogP contribution in [-0.2, 0) is 4.74 Å². The first-order valence-corrected chi connectivity index (χ1v) is 7.27. The second-order valence-electron chi connectivity index (χ2n) is 5.60.